The lowest BCUT2D eigenvalue weighted by atomic mass is 9.78. The molecule has 2 amide bonds. The molecule has 3 heterocycles. The minimum absolute atomic E-state index is 0.213. The topological polar surface area (TPSA) is 97.2 Å². The van der Waals surface area contributed by atoms with E-state index in [1.165, 1.54) is 7.05 Å². The number of anilines is 2. The summed E-state index contributed by atoms with van der Waals surface area (Å²) in [5.41, 5.74) is 1.11. The molecule has 164 valence electrons. The Hall–Kier alpha value is -2.35. The van der Waals surface area contributed by atoms with Crippen molar-refractivity contribution >= 4 is 23.5 Å². The van der Waals surface area contributed by atoms with Crippen molar-refractivity contribution in [3.8, 4) is 0 Å². The van der Waals surface area contributed by atoms with E-state index < -0.39 is 6.09 Å². The van der Waals surface area contributed by atoms with Crippen LogP contribution in [0.2, 0.25) is 0 Å². The summed E-state index contributed by atoms with van der Waals surface area (Å²) in [6.45, 7) is 4.27. The predicted molar refractivity (Wildman–Crippen MR) is 114 cm³/mol. The fourth-order valence-corrected chi connectivity index (χ4v) is 5.43. The average molecular weight is 417 g/mol. The first-order valence-corrected chi connectivity index (χ1v) is 11.0. The maximum atomic E-state index is 13.5. The molecule has 2 aliphatic heterocycles. The van der Waals surface area contributed by atoms with Crippen LogP contribution in [0.3, 0.4) is 0 Å². The van der Waals surface area contributed by atoms with Crippen LogP contribution in [0, 0.1) is 12.3 Å². The van der Waals surface area contributed by atoms with E-state index in [0.29, 0.717) is 12.2 Å². The smallest absolute Gasteiger partial charge is 0.411 e. The van der Waals surface area contributed by atoms with Gasteiger partial charge in [0.15, 0.2) is 0 Å². The van der Waals surface area contributed by atoms with E-state index in [2.05, 4.69) is 14.8 Å². The Kier molecular flexibility index (Phi) is 5.61. The number of aromatic nitrogens is 1. The number of carboxylic acid groups (broad SMARTS) is 1. The van der Waals surface area contributed by atoms with Gasteiger partial charge < -0.3 is 20.0 Å². The standard InChI is InChI=1S/C22H32N4O4/c1-15-12-17(24(2)21(29)30)13-23-19(15)25-10-3-8-22(14-25)9-11-26(20(22)28)16-4-6-18(27)7-5-16/h12-13,16,18,27H,3-11,14H2,1-2H3,(H,29,30)/t16-,18-,22?. The van der Waals surface area contributed by atoms with Crippen molar-refractivity contribution in [2.45, 2.75) is 64.0 Å². The van der Waals surface area contributed by atoms with Gasteiger partial charge in [-0.15, -0.1) is 0 Å². The molecule has 0 radical (unpaired) electrons. The number of piperidine rings is 1. The average Bonchev–Trinajstić information content (AvgIpc) is 3.03. The molecular formula is C22H32N4O4. The molecule has 1 atom stereocenters. The molecule has 2 N–H and O–H groups in total. The maximum Gasteiger partial charge on any atom is 0.411 e. The molecule has 1 aromatic rings. The zero-order valence-corrected chi connectivity index (χ0v) is 17.9. The van der Waals surface area contributed by atoms with Crippen LogP contribution >= 0.6 is 0 Å². The summed E-state index contributed by atoms with van der Waals surface area (Å²) < 4.78 is 0. The highest BCUT2D eigenvalue weighted by Crippen LogP contribution is 2.43. The SMILES string of the molecule is Cc1cc(N(C)C(=O)O)cnc1N1CCCC2(CCN([C@H]3CC[C@H](O)CC3)C2=O)C1. The van der Waals surface area contributed by atoms with Crippen molar-refractivity contribution in [1.29, 1.82) is 0 Å². The van der Waals surface area contributed by atoms with Crippen LogP contribution in [0.1, 0.15) is 50.5 Å². The molecule has 1 aromatic heterocycles. The minimum atomic E-state index is -1.02. The van der Waals surface area contributed by atoms with Crippen LogP contribution in [0.4, 0.5) is 16.3 Å². The number of pyridine rings is 1. The Morgan fingerprint density at radius 3 is 2.63 bits per heavy atom. The van der Waals surface area contributed by atoms with Crippen molar-refractivity contribution in [2.75, 3.05) is 36.5 Å². The number of hydrogen-bond acceptors (Lipinski definition) is 5. The van der Waals surface area contributed by atoms with Gasteiger partial charge in [-0.3, -0.25) is 9.69 Å². The number of nitrogens with zero attached hydrogens (tertiary/aromatic N) is 4. The Balaban J connectivity index is 1.49. The lowest BCUT2D eigenvalue weighted by Crippen LogP contribution is -2.50. The predicted octanol–water partition coefficient (Wildman–Crippen LogP) is 2.63. The van der Waals surface area contributed by atoms with E-state index in [1.807, 2.05) is 13.0 Å². The van der Waals surface area contributed by atoms with E-state index in [4.69, 9.17) is 0 Å². The van der Waals surface area contributed by atoms with E-state index >= 15 is 0 Å². The molecular weight excluding hydrogens is 384 g/mol. The molecule has 30 heavy (non-hydrogen) atoms. The zero-order chi connectivity index (χ0) is 21.5. The van der Waals surface area contributed by atoms with Gasteiger partial charge in [-0.2, -0.15) is 0 Å². The number of aliphatic hydroxyl groups excluding tert-OH is 1. The maximum absolute atomic E-state index is 13.5. The Labute approximate surface area is 177 Å². The summed E-state index contributed by atoms with van der Waals surface area (Å²) in [7, 11) is 1.50. The summed E-state index contributed by atoms with van der Waals surface area (Å²) in [4.78, 5) is 34.7. The van der Waals surface area contributed by atoms with Crippen molar-refractivity contribution in [3.63, 3.8) is 0 Å². The highest BCUT2D eigenvalue weighted by molar-refractivity contribution is 5.87. The molecule has 8 heteroatoms. The largest absolute Gasteiger partial charge is 0.465 e. The molecule has 0 aromatic carbocycles. The summed E-state index contributed by atoms with van der Waals surface area (Å²) in [5, 5.41) is 19.0. The molecule has 1 spiro atoms. The fraction of sp³-hybridized carbons (Fsp3) is 0.682. The Bertz CT molecular complexity index is 823. The molecule has 0 bridgehead atoms. The summed E-state index contributed by atoms with van der Waals surface area (Å²) in [6.07, 6.45) is 6.45. The van der Waals surface area contributed by atoms with Crippen molar-refractivity contribution in [3.05, 3.63) is 17.8 Å². The number of carbonyl (C=O) groups excluding carboxylic acids is 1. The second-order valence-electron chi connectivity index (χ2n) is 9.19. The lowest BCUT2D eigenvalue weighted by Gasteiger charge is -2.41. The first-order valence-electron chi connectivity index (χ1n) is 11.0. The van der Waals surface area contributed by atoms with Gasteiger partial charge in [0.05, 0.1) is 23.4 Å². The van der Waals surface area contributed by atoms with Crippen LogP contribution in [0.25, 0.3) is 0 Å². The van der Waals surface area contributed by atoms with Gasteiger partial charge in [0.1, 0.15) is 5.82 Å². The van der Waals surface area contributed by atoms with E-state index in [-0.39, 0.29) is 23.5 Å². The molecule has 3 aliphatic rings. The molecule has 1 unspecified atom stereocenters. The van der Waals surface area contributed by atoms with Crippen molar-refractivity contribution < 1.29 is 19.8 Å². The van der Waals surface area contributed by atoms with Crippen LogP contribution in [0.15, 0.2) is 12.3 Å². The van der Waals surface area contributed by atoms with Crippen LogP contribution in [-0.2, 0) is 4.79 Å². The van der Waals surface area contributed by atoms with Crippen LogP contribution in [0.5, 0.6) is 0 Å². The van der Waals surface area contributed by atoms with Gasteiger partial charge in [0.2, 0.25) is 5.91 Å². The molecule has 1 aliphatic carbocycles. The number of likely N-dealkylation sites (tertiary alicyclic amines) is 1. The van der Waals surface area contributed by atoms with Gasteiger partial charge in [0, 0.05) is 32.7 Å². The van der Waals surface area contributed by atoms with Gasteiger partial charge >= 0.3 is 6.09 Å². The Morgan fingerprint density at radius 1 is 1.23 bits per heavy atom. The summed E-state index contributed by atoms with van der Waals surface area (Å²) in [5.74, 6) is 1.11. The number of amides is 2. The van der Waals surface area contributed by atoms with E-state index in [1.54, 1.807) is 6.20 Å². The van der Waals surface area contributed by atoms with Crippen LogP contribution in [-0.4, -0.2) is 70.9 Å². The third kappa shape index (κ3) is 3.73. The van der Waals surface area contributed by atoms with Crippen LogP contribution < -0.4 is 9.80 Å². The number of aliphatic hydroxyl groups is 1. The summed E-state index contributed by atoms with van der Waals surface area (Å²) >= 11 is 0. The minimum Gasteiger partial charge on any atom is -0.465 e. The normalized spacial score (nSPS) is 29.5. The lowest BCUT2D eigenvalue weighted by molar-refractivity contribution is -0.139. The number of rotatable bonds is 3. The zero-order valence-electron chi connectivity index (χ0n) is 17.9. The highest BCUT2D eigenvalue weighted by Gasteiger charge is 2.50. The van der Waals surface area contributed by atoms with Crippen molar-refractivity contribution in [1.82, 2.24) is 9.88 Å². The summed E-state index contributed by atoms with van der Waals surface area (Å²) in [6, 6.07) is 2.11. The number of carbonyl (C=O) groups is 2. The molecule has 8 nitrogen and oxygen atoms in total. The molecule has 2 saturated heterocycles. The first kappa shape index (κ1) is 20.9. The highest BCUT2D eigenvalue weighted by atomic mass is 16.4. The van der Waals surface area contributed by atoms with Crippen molar-refractivity contribution in [2.24, 2.45) is 5.41 Å². The third-order valence-electron chi connectivity index (χ3n) is 7.24. The van der Waals surface area contributed by atoms with Gasteiger partial charge in [-0.25, -0.2) is 9.78 Å². The van der Waals surface area contributed by atoms with E-state index in [9.17, 15) is 19.8 Å². The van der Waals surface area contributed by atoms with Gasteiger partial charge in [-0.05, 0) is 63.5 Å². The monoisotopic (exact) mass is 416 g/mol. The van der Waals surface area contributed by atoms with E-state index in [0.717, 1.165) is 74.3 Å². The van der Waals surface area contributed by atoms with Gasteiger partial charge in [0.25, 0.3) is 0 Å². The van der Waals surface area contributed by atoms with Gasteiger partial charge in [-0.1, -0.05) is 0 Å². The first-order chi connectivity index (χ1) is 14.3. The quantitative estimate of drug-likeness (QED) is 0.786. The number of hydrogen-bond donors (Lipinski definition) is 2. The second-order valence-corrected chi connectivity index (χ2v) is 9.19. The molecule has 3 fully saturated rings. The number of aryl methyl sites for hydroxylation is 1. The second kappa shape index (κ2) is 8.06. The Morgan fingerprint density at radius 2 is 1.97 bits per heavy atom. The third-order valence-corrected chi connectivity index (χ3v) is 7.24. The molecule has 1 saturated carbocycles. The molecule has 4 rings (SSSR count). The fourth-order valence-electron chi connectivity index (χ4n) is 5.43.